The number of hydrogen-bond acceptors (Lipinski definition) is 1. The number of anilines is 3. The van der Waals surface area contributed by atoms with Gasteiger partial charge in [-0.15, -0.1) is 0 Å². The van der Waals surface area contributed by atoms with Gasteiger partial charge >= 0.3 is 0 Å². The number of rotatable bonds is 9. The first-order valence-electron chi connectivity index (χ1n) is 24.7. The lowest BCUT2D eigenvalue weighted by Crippen LogP contribution is -2.19. The maximum Gasteiger partial charge on any atom is 0.0544 e. The highest BCUT2D eigenvalue weighted by atomic mass is 15.1. The monoisotopic (exact) mass is 906 g/mol. The zero-order valence-corrected chi connectivity index (χ0v) is 39.6. The maximum atomic E-state index is 2.43. The first kappa shape index (κ1) is 42.1. The molecule has 1 aromatic heterocycles. The lowest BCUT2D eigenvalue weighted by molar-refractivity contribution is 0.600. The molecule has 0 aliphatic heterocycles. The molecule has 13 rings (SSSR count). The van der Waals surface area contributed by atoms with Crippen molar-refractivity contribution in [2.24, 2.45) is 0 Å². The first-order valence-corrected chi connectivity index (χ1v) is 24.7. The van der Waals surface area contributed by atoms with Crippen LogP contribution in [0, 0.1) is 0 Å². The number of allylic oxidation sites excluding steroid dienone is 4. The molecule has 11 aromatic rings. The molecular weight excluding hydrogens is 857 g/mol. The van der Waals surface area contributed by atoms with Crippen LogP contribution in [0.2, 0.25) is 0 Å². The summed E-state index contributed by atoms with van der Waals surface area (Å²) in [4.78, 5) is 2.38. The standard InChI is InChI=1S/C69H50N2/c1-69(43-17-6-18-44-69)54-36-40-61-63-45-53(35-42-65(63)71(66(61)46-54)56-25-13-5-14-26-56)50-31-29-48(30-32-50)49-33-37-57(38-34-49)70(55-23-11-4-12-24-55)58-39-41-60-59-27-15-16-28-62(59)68(64(60)47-58)67(51-19-7-2-8-20-51)52-21-9-3-10-22-52/h2-43,45-47H,44H2,1H3. The van der Waals surface area contributed by atoms with Gasteiger partial charge in [0.05, 0.1) is 11.0 Å². The predicted octanol–water partition coefficient (Wildman–Crippen LogP) is 18.3. The van der Waals surface area contributed by atoms with Gasteiger partial charge in [0.25, 0.3) is 0 Å². The van der Waals surface area contributed by atoms with E-state index in [1.165, 1.54) is 99.8 Å². The molecule has 2 nitrogen and oxygen atoms in total. The Morgan fingerprint density at radius 2 is 0.958 bits per heavy atom. The molecule has 1 heterocycles. The van der Waals surface area contributed by atoms with Gasteiger partial charge in [0.15, 0.2) is 0 Å². The third-order valence-corrected chi connectivity index (χ3v) is 14.8. The van der Waals surface area contributed by atoms with Crippen LogP contribution in [0.1, 0.15) is 41.2 Å². The highest BCUT2D eigenvalue weighted by Gasteiger charge is 2.29. The van der Waals surface area contributed by atoms with Crippen molar-refractivity contribution in [2.45, 2.75) is 18.8 Å². The second-order valence-corrected chi connectivity index (χ2v) is 19.1. The molecule has 2 aliphatic carbocycles. The molecule has 71 heavy (non-hydrogen) atoms. The summed E-state index contributed by atoms with van der Waals surface area (Å²) in [5.74, 6) is 0. The van der Waals surface area contributed by atoms with Gasteiger partial charge < -0.3 is 9.47 Å². The number of fused-ring (bicyclic) bond motifs is 6. The molecule has 0 saturated heterocycles. The Labute approximate surface area is 416 Å². The van der Waals surface area contributed by atoms with Crippen LogP contribution in [0.3, 0.4) is 0 Å². The van der Waals surface area contributed by atoms with Crippen LogP contribution in [0.5, 0.6) is 0 Å². The molecule has 1 unspecified atom stereocenters. The first-order chi connectivity index (χ1) is 35.1. The predicted molar refractivity (Wildman–Crippen MR) is 300 cm³/mol. The summed E-state index contributed by atoms with van der Waals surface area (Å²) < 4.78 is 2.43. The second kappa shape index (κ2) is 17.5. The highest BCUT2D eigenvalue weighted by Crippen LogP contribution is 2.51. The van der Waals surface area contributed by atoms with Gasteiger partial charge in [0, 0.05) is 38.9 Å². The lowest BCUT2D eigenvalue weighted by atomic mass is 9.77. The average Bonchev–Trinajstić information content (AvgIpc) is 3.94. The average molecular weight is 907 g/mol. The van der Waals surface area contributed by atoms with E-state index in [9.17, 15) is 0 Å². The zero-order valence-electron chi connectivity index (χ0n) is 39.6. The molecule has 1 atom stereocenters. The fourth-order valence-electron chi connectivity index (χ4n) is 11.2. The van der Waals surface area contributed by atoms with Crippen LogP contribution >= 0.6 is 0 Å². The van der Waals surface area contributed by atoms with E-state index in [0.29, 0.717) is 0 Å². The molecule has 10 aromatic carbocycles. The van der Waals surface area contributed by atoms with Gasteiger partial charge in [0.2, 0.25) is 0 Å². The third-order valence-electron chi connectivity index (χ3n) is 14.8. The fraction of sp³-hybridized carbons (Fsp3) is 0.0435. The number of benzene rings is 10. The second-order valence-electron chi connectivity index (χ2n) is 19.1. The molecule has 336 valence electrons. The normalized spacial score (nSPS) is 14.7. The Balaban J connectivity index is 0.853. The summed E-state index contributed by atoms with van der Waals surface area (Å²) in [6.45, 7) is 2.34. The van der Waals surface area contributed by atoms with Gasteiger partial charge in [-0.05, 0) is 145 Å². The van der Waals surface area contributed by atoms with Crippen LogP contribution in [0.4, 0.5) is 17.1 Å². The van der Waals surface area contributed by atoms with Gasteiger partial charge in [-0.2, -0.15) is 0 Å². The Bertz CT molecular complexity index is 3820. The summed E-state index contributed by atoms with van der Waals surface area (Å²) >= 11 is 0. The van der Waals surface area contributed by atoms with Crippen molar-refractivity contribution in [2.75, 3.05) is 4.90 Å². The van der Waals surface area contributed by atoms with Crippen molar-refractivity contribution >= 4 is 50.0 Å². The van der Waals surface area contributed by atoms with Gasteiger partial charge in [-0.1, -0.05) is 213 Å². The highest BCUT2D eigenvalue weighted by molar-refractivity contribution is 6.14. The van der Waals surface area contributed by atoms with Crippen molar-refractivity contribution in [3.05, 3.63) is 301 Å². The van der Waals surface area contributed by atoms with Crippen molar-refractivity contribution in [1.29, 1.82) is 0 Å². The van der Waals surface area contributed by atoms with Crippen molar-refractivity contribution in [3.8, 4) is 39.1 Å². The van der Waals surface area contributed by atoms with Crippen molar-refractivity contribution in [3.63, 3.8) is 0 Å². The van der Waals surface area contributed by atoms with Gasteiger partial charge in [-0.3, -0.25) is 0 Å². The molecule has 0 N–H and O–H groups in total. The summed E-state index contributed by atoms with van der Waals surface area (Å²) in [5, 5.41) is 2.52. The zero-order chi connectivity index (χ0) is 47.3. The molecule has 2 heteroatoms. The Hall–Kier alpha value is -8.98. The minimum atomic E-state index is -0.0377. The summed E-state index contributed by atoms with van der Waals surface area (Å²) in [7, 11) is 0. The van der Waals surface area contributed by atoms with Crippen molar-refractivity contribution < 1.29 is 0 Å². The number of nitrogens with zero attached hydrogens (tertiary/aromatic N) is 2. The van der Waals surface area contributed by atoms with E-state index in [0.717, 1.165) is 23.5 Å². The SMILES string of the molecule is CC1(c2ccc3c4cc(-c5ccc(-c6ccc(N(c7ccccc7)c7ccc8c(c7)C(=C(c7ccccc7)c7ccccc7)c7ccccc7-8)cc6)cc5)ccc4n(-c4ccccc4)c3c2)C=CC=CC1. The minimum absolute atomic E-state index is 0.0377. The van der Waals surface area contributed by atoms with Crippen LogP contribution in [0.15, 0.2) is 273 Å². The fourth-order valence-corrected chi connectivity index (χ4v) is 11.2. The van der Waals surface area contributed by atoms with E-state index in [4.69, 9.17) is 0 Å². The van der Waals surface area contributed by atoms with E-state index in [1.54, 1.807) is 0 Å². The Morgan fingerprint density at radius 3 is 1.62 bits per heavy atom. The quantitative estimate of drug-likeness (QED) is 0.140. The van der Waals surface area contributed by atoms with Gasteiger partial charge in [-0.25, -0.2) is 0 Å². The minimum Gasteiger partial charge on any atom is -0.310 e. The van der Waals surface area contributed by atoms with E-state index in [1.807, 2.05) is 0 Å². The molecule has 2 aliphatic rings. The van der Waals surface area contributed by atoms with E-state index >= 15 is 0 Å². The van der Waals surface area contributed by atoms with Crippen LogP contribution in [0.25, 0.3) is 72.0 Å². The number of para-hydroxylation sites is 2. The largest absolute Gasteiger partial charge is 0.310 e. The Kier molecular flexibility index (Phi) is 10.4. The van der Waals surface area contributed by atoms with E-state index in [2.05, 4.69) is 289 Å². The van der Waals surface area contributed by atoms with Gasteiger partial charge in [0.1, 0.15) is 0 Å². The number of aromatic nitrogens is 1. The smallest absolute Gasteiger partial charge is 0.0544 e. The molecule has 0 bridgehead atoms. The summed E-state index contributed by atoms with van der Waals surface area (Å²) in [6.07, 6.45) is 9.95. The number of hydrogen-bond donors (Lipinski definition) is 0. The molecule has 0 amide bonds. The summed E-state index contributed by atoms with van der Waals surface area (Å²) in [6, 6.07) is 91.2. The molecule has 0 fully saturated rings. The Morgan fingerprint density at radius 1 is 0.408 bits per heavy atom. The van der Waals surface area contributed by atoms with Crippen LogP contribution in [-0.2, 0) is 5.41 Å². The maximum absolute atomic E-state index is 2.43. The third kappa shape index (κ3) is 7.44. The van der Waals surface area contributed by atoms with Crippen molar-refractivity contribution in [1.82, 2.24) is 4.57 Å². The van der Waals surface area contributed by atoms with E-state index < -0.39 is 0 Å². The molecule has 0 spiro atoms. The summed E-state index contributed by atoms with van der Waals surface area (Å²) in [5.41, 5.74) is 22.9. The molecular formula is C69H50N2. The topological polar surface area (TPSA) is 8.17 Å². The lowest BCUT2D eigenvalue weighted by Gasteiger charge is -2.27. The van der Waals surface area contributed by atoms with Crippen LogP contribution < -0.4 is 4.90 Å². The van der Waals surface area contributed by atoms with Crippen LogP contribution in [-0.4, -0.2) is 4.57 Å². The molecule has 0 saturated carbocycles. The molecule has 0 radical (unpaired) electrons. The van der Waals surface area contributed by atoms with E-state index in [-0.39, 0.29) is 5.41 Å².